The summed E-state index contributed by atoms with van der Waals surface area (Å²) in [4.78, 5) is 11.4. The number of hydrogen-bond donors (Lipinski definition) is 2. The maximum atomic E-state index is 11.4. The van der Waals surface area contributed by atoms with E-state index >= 15 is 0 Å². The van der Waals surface area contributed by atoms with E-state index < -0.39 is 5.56 Å². The van der Waals surface area contributed by atoms with E-state index in [4.69, 9.17) is 32.7 Å². The van der Waals surface area contributed by atoms with Crippen LogP contribution in [-0.4, -0.2) is 23.0 Å². The Labute approximate surface area is 177 Å². The maximum Gasteiger partial charge on any atom is 0.285 e. The van der Waals surface area contributed by atoms with Crippen molar-refractivity contribution in [3.05, 3.63) is 80.2 Å². The van der Waals surface area contributed by atoms with Crippen LogP contribution < -0.4 is 20.5 Å². The van der Waals surface area contributed by atoms with Crippen LogP contribution in [0.3, 0.4) is 0 Å². The number of ether oxygens (including phenoxy) is 2. The van der Waals surface area contributed by atoms with Gasteiger partial charge in [0.2, 0.25) is 0 Å². The molecule has 0 spiro atoms. The number of hydrogen-bond acceptors (Lipinski definition) is 6. The zero-order valence-electron chi connectivity index (χ0n) is 15.5. The molecule has 2 aromatic carbocycles. The molecular weight excluding hydrogens is 415 g/mol. The van der Waals surface area contributed by atoms with E-state index in [-0.39, 0.29) is 5.02 Å². The van der Waals surface area contributed by atoms with Crippen molar-refractivity contribution in [2.75, 3.05) is 12.0 Å². The predicted molar refractivity (Wildman–Crippen MR) is 114 cm³/mol. The lowest BCUT2D eigenvalue weighted by Gasteiger charge is -2.13. The van der Waals surface area contributed by atoms with Gasteiger partial charge in [0.25, 0.3) is 5.56 Å². The summed E-state index contributed by atoms with van der Waals surface area (Å²) in [6.45, 7) is 2.69. The number of aromatic nitrogens is 2. The lowest BCUT2D eigenvalue weighted by Crippen LogP contribution is -2.10. The van der Waals surface area contributed by atoms with Crippen molar-refractivity contribution >= 4 is 35.1 Å². The Morgan fingerprint density at radius 1 is 1.17 bits per heavy atom. The molecule has 0 aliphatic rings. The summed E-state index contributed by atoms with van der Waals surface area (Å²) in [7, 11) is 0. The zero-order valence-corrected chi connectivity index (χ0v) is 17.0. The number of aromatic amines is 1. The number of H-pyrrole nitrogens is 1. The Morgan fingerprint density at radius 2 is 2.00 bits per heavy atom. The average molecular weight is 433 g/mol. The summed E-state index contributed by atoms with van der Waals surface area (Å²) in [5, 5.41) is 10.6. The molecule has 7 nitrogen and oxygen atoms in total. The molecule has 1 aromatic heterocycles. The van der Waals surface area contributed by atoms with Gasteiger partial charge in [0.05, 0.1) is 19.0 Å². The highest BCUT2D eigenvalue weighted by Gasteiger charge is 2.08. The van der Waals surface area contributed by atoms with Crippen molar-refractivity contribution in [1.82, 2.24) is 10.2 Å². The molecule has 0 fully saturated rings. The molecule has 0 amide bonds. The van der Waals surface area contributed by atoms with Crippen LogP contribution >= 0.6 is 23.2 Å². The molecule has 0 unspecified atom stereocenters. The monoisotopic (exact) mass is 432 g/mol. The summed E-state index contributed by atoms with van der Waals surface area (Å²) in [5.41, 5.74) is 4.14. The largest absolute Gasteiger partial charge is 0.490 e. The molecule has 0 radical (unpaired) electrons. The van der Waals surface area contributed by atoms with Gasteiger partial charge in [-0.15, -0.1) is 0 Å². The highest BCUT2D eigenvalue weighted by atomic mass is 35.5. The van der Waals surface area contributed by atoms with Crippen LogP contribution in [-0.2, 0) is 6.61 Å². The first-order valence-corrected chi connectivity index (χ1v) is 9.49. The first-order valence-electron chi connectivity index (χ1n) is 8.73. The van der Waals surface area contributed by atoms with Crippen LogP contribution in [0.5, 0.6) is 11.5 Å². The van der Waals surface area contributed by atoms with E-state index in [2.05, 4.69) is 20.7 Å². The molecule has 29 heavy (non-hydrogen) atoms. The fourth-order valence-corrected chi connectivity index (χ4v) is 2.72. The zero-order chi connectivity index (χ0) is 20.6. The van der Waals surface area contributed by atoms with E-state index in [1.165, 1.54) is 6.20 Å². The summed E-state index contributed by atoms with van der Waals surface area (Å²) in [6.07, 6.45) is 2.94. The SMILES string of the molecule is CCOc1cc(/C=N\Nc2cn[nH]c(=O)c2Cl)ccc1OCc1ccccc1Cl. The molecule has 3 rings (SSSR count). The Morgan fingerprint density at radius 3 is 2.79 bits per heavy atom. The van der Waals surface area contributed by atoms with Crippen LogP contribution in [0, 0.1) is 0 Å². The first kappa shape index (κ1) is 20.7. The second-order valence-corrected chi connectivity index (χ2v) is 6.60. The second-order valence-electron chi connectivity index (χ2n) is 5.82. The molecular formula is C20H18Cl2N4O3. The van der Waals surface area contributed by atoms with Crippen molar-refractivity contribution in [3.63, 3.8) is 0 Å². The Hall–Kier alpha value is -3.03. The maximum absolute atomic E-state index is 11.4. The third-order valence-corrected chi connectivity index (χ3v) is 4.55. The molecule has 1 heterocycles. The van der Waals surface area contributed by atoms with Crippen LogP contribution in [0.25, 0.3) is 0 Å². The topological polar surface area (TPSA) is 88.6 Å². The molecule has 2 N–H and O–H groups in total. The minimum atomic E-state index is -0.495. The standard InChI is InChI=1S/C20H18Cl2N4O3/c1-2-28-18-9-13(10-23-25-16-11-24-26-20(27)19(16)22)7-8-17(18)29-12-14-5-3-4-6-15(14)21/h3-11H,2,12H2,1H3,(H2,25,26,27)/b23-10-. The van der Waals surface area contributed by atoms with Crippen LogP contribution in [0.15, 0.2) is 58.6 Å². The quantitative estimate of drug-likeness (QED) is 0.404. The van der Waals surface area contributed by atoms with Gasteiger partial charge in [0, 0.05) is 10.6 Å². The molecule has 0 saturated heterocycles. The Balaban J connectivity index is 1.72. The molecule has 0 saturated carbocycles. The molecule has 0 aliphatic heterocycles. The van der Waals surface area contributed by atoms with Gasteiger partial charge >= 0.3 is 0 Å². The number of halogens is 2. The van der Waals surface area contributed by atoms with Crippen molar-refractivity contribution in [1.29, 1.82) is 0 Å². The average Bonchev–Trinajstić information content (AvgIpc) is 2.72. The van der Waals surface area contributed by atoms with Gasteiger partial charge in [-0.05, 0) is 36.8 Å². The van der Waals surface area contributed by atoms with Crippen LogP contribution in [0.1, 0.15) is 18.1 Å². The van der Waals surface area contributed by atoms with Gasteiger partial charge in [-0.25, -0.2) is 5.10 Å². The molecule has 0 aliphatic carbocycles. The smallest absolute Gasteiger partial charge is 0.285 e. The number of nitrogens with zero attached hydrogens (tertiary/aromatic N) is 2. The summed E-state index contributed by atoms with van der Waals surface area (Å²) >= 11 is 12.1. The van der Waals surface area contributed by atoms with Crippen molar-refractivity contribution in [3.8, 4) is 11.5 Å². The van der Waals surface area contributed by atoms with Gasteiger partial charge in [-0.3, -0.25) is 10.2 Å². The number of benzene rings is 2. The highest BCUT2D eigenvalue weighted by molar-refractivity contribution is 6.32. The number of anilines is 1. The minimum Gasteiger partial charge on any atom is -0.490 e. The number of nitrogens with one attached hydrogen (secondary N) is 2. The highest BCUT2D eigenvalue weighted by Crippen LogP contribution is 2.29. The van der Waals surface area contributed by atoms with Crippen LogP contribution in [0.4, 0.5) is 5.69 Å². The number of rotatable bonds is 8. The van der Waals surface area contributed by atoms with Crippen molar-refractivity contribution < 1.29 is 9.47 Å². The van der Waals surface area contributed by atoms with Gasteiger partial charge in [0.15, 0.2) is 11.5 Å². The predicted octanol–water partition coefficient (Wildman–Crippen LogP) is 4.50. The fourth-order valence-electron chi connectivity index (χ4n) is 2.40. The van der Waals surface area contributed by atoms with Crippen LogP contribution in [0.2, 0.25) is 10.0 Å². The van der Waals surface area contributed by atoms with E-state index in [1.54, 1.807) is 18.3 Å². The summed E-state index contributed by atoms with van der Waals surface area (Å²) in [5.74, 6) is 1.18. The van der Waals surface area contributed by atoms with E-state index in [1.807, 2.05) is 37.3 Å². The minimum absolute atomic E-state index is 0.0181. The fraction of sp³-hybridized carbons (Fsp3) is 0.150. The number of hydrazone groups is 1. The summed E-state index contributed by atoms with van der Waals surface area (Å²) < 4.78 is 11.6. The first-order chi connectivity index (χ1) is 14.1. The normalized spacial score (nSPS) is 10.9. The van der Waals surface area contributed by atoms with Crippen molar-refractivity contribution in [2.24, 2.45) is 5.10 Å². The molecule has 0 atom stereocenters. The van der Waals surface area contributed by atoms with Gasteiger partial charge < -0.3 is 9.47 Å². The lowest BCUT2D eigenvalue weighted by atomic mass is 10.2. The Kier molecular flexibility index (Phi) is 7.10. The van der Waals surface area contributed by atoms with Crippen molar-refractivity contribution in [2.45, 2.75) is 13.5 Å². The molecule has 3 aromatic rings. The lowest BCUT2D eigenvalue weighted by molar-refractivity contribution is 0.269. The van der Waals surface area contributed by atoms with E-state index in [0.717, 1.165) is 11.1 Å². The van der Waals surface area contributed by atoms with E-state index in [0.29, 0.717) is 35.4 Å². The second kappa shape index (κ2) is 9.95. The molecule has 150 valence electrons. The van der Waals surface area contributed by atoms with Gasteiger partial charge in [-0.2, -0.15) is 10.2 Å². The Bertz CT molecular complexity index is 1070. The summed E-state index contributed by atoms with van der Waals surface area (Å²) in [6, 6.07) is 12.9. The third-order valence-electron chi connectivity index (χ3n) is 3.80. The molecule has 9 heteroatoms. The van der Waals surface area contributed by atoms with Gasteiger partial charge in [0.1, 0.15) is 17.3 Å². The van der Waals surface area contributed by atoms with E-state index in [9.17, 15) is 4.79 Å². The molecule has 0 bridgehead atoms. The van der Waals surface area contributed by atoms with Gasteiger partial charge in [-0.1, -0.05) is 41.4 Å². The third kappa shape index (κ3) is 5.49.